The largest absolute Gasteiger partial charge is 0.382 e. The molecule has 0 bridgehead atoms. The molecule has 1 heterocycles. The van der Waals surface area contributed by atoms with Crippen LogP contribution in [-0.2, 0) is 0 Å². The second kappa shape index (κ2) is 3.76. The Hall–Kier alpha value is -2.41. The van der Waals surface area contributed by atoms with Gasteiger partial charge < -0.3 is 5.73 Å². The van der Waals surface area contributed by atoms with Crippen LogP contribution in [0.3, 0.4) is 0 Å². The van der Waals surface area contributed by atoms with Crippen LogP contribution in [0.1, 0.15) is 5.56 Å². The van der Waals surface area contributed by atoms with Crippen molar-refractivity contribution in [3.63, 3.8) is 0 Å². The van der Waals surface area contributed by atoms with Crippen LogP contribution >= 0.6 is 0 Å². The number of pyridine rings is 1. The molecule has 0 aliphatic heterocycles. The van der Waals surface area contributed by atoms with Gasteiger partial charge >= 0.3 is 0 Å². The fourth-order valence-corrected chi connectivity index (χ4v) is 1.44. The molecule has 0 unspecified atom stereocenters. The third-order valence-corrected chi connectivity index (χ3v) is 2.09. The predicted molar refractivity (Wildman–Crippen MR) is 58.1 cm³/mol. The van der Waals surface area contributed by atoms with E-state index >= 15 is 0 Å². The van der Waals surface area contributed by atoms with Crippen molar-refractivity contribution in [2.24, 2.45) is 10.7 Å². The lowest BCUT2D eigenvalue weighted by Gasteiger charge is -2.03. The van der Waals surface area contributed by atoms with Crippen LogP contribution in [0.15, 0.2) is 41.5 Å². The summed E-state index contributed by atoms with van der Waals surface area (Å²) in [5.74, 6) is 0.219. The second-order valence-electron chi connectivity index (χ2n) is 2.97. The number of nitrogens with zero attached hydrogens (tertiary/aromatic N) is 3. The minimum atomic E-state index is 0.219. The van der Waals surface area contributed by atoms with Gasteiger partial charge in [-0.25, -0.2) is 0 Å². The standard InChI is InChI=1S/C11H8N4/c12-7-15-11(13)9-3-1-5-10-8(9)4-2-6-14-10/h1-6H,(H2,13,15). The fourth-order valence-electron chi connectivity index (χ4n) is 1.44. The number of aliphatic imine (C=N–C) groups is 1. The molecule has 0 saturated heterocycles. The topological polar surface area (TPSA) is 75.1 Å². The van der Waals surface area contributed by atoms with E-state index in [1.807, 2.05) is 30.3 Å². The number of nitriles is 1. The minimum Gasteiger partial charge on any atom is -0.382 e. The number of fused-ring (bicyclic) bond motifs is 1. The summed E-state index contributed by atoms with van der Waals surface area (Å²) < 4.78 is 0. The average Bonchev–Trinajstić information content (AvgIpc) is 2.28. The molecule has 1 aromatic carbocycles. The van der Waals surface area contributed by atoms with Gasteiger partial charge in [-0.15, -0.1) is 0 Å². The number of hydrogen-bond acceptors (Lipinski definition) is 3. The molecule has 2 N–H and O–H groups in total. The molecule has 0 amide bonds. The molecule has 0 radical (unpaired) electrons. The SMILES string of the molecule is N#C/N=C(\N)c1cccc2ncccc12. The van der Waals surface area contributed by atoms with Gasteiger partial charge in [-0.2, -0.15) is 10.3 Å². The van der Waals surface area contributed by atoms with Crippen molar-refractivity contribution in [1.29, 1.82) is 5.26 Å². The van der Waals surface area contributed by atoms with Crippen molar-refractivity contribution in [2.75, 3.05) is 0 Å². The zero-order chi connectivity index (χ0) is 10.7. The van der Waals surface area contributed by atoms with Gasteiger partial charge in [0.2, 0.25) is 6.19 Å². The van der Waals surface area contributed by atoms with Crippen LogP contribution in [0.2, 0.25) is 0 Å². The molecule has 0 aliphatic rings. The molecule has 15 heavy (non-hydrogen) atoms. The van der Waals surface area contributed by atoms with Crippen LogP contribution in [0, 0.1) is 11.5 Å². The summed E-state index contributed by atoms with van der Waals surface area (Å²) in [6.45, 7) is 0. The van der Waals surface area contributed by atoms with E-state index in [-0.39, 0.29) is 5.84 Å². The molecule has 2 rings (SSSR count). The third-order valence-electron chi connectivity index (χ3n) is 2.09. The summed E-state index contributed by atoms with van der Waals surface area (Å²) >= 11 is 0. The molecule has 2 aromatic rings. The normalized spacial score (nSPS) is 11.3. The summed E-state index contributed by atoms with van der Waals surface area (Å²) in [4.78, 5) is 7.71. The predicted octanol–water partition coefficient (Wildman–Crippen LogP) is 1.42. The molecule has 4 heteroatoms. The van der Waals surface area contributed by atoms with Gasteiger partial charge in [0.25, 0.3) is 0 Å². The summed E-state index contributed by atoms with van der Waals surface area (Å²) in [6.07, 6.45) is 3.39. The van der Waals surface area contributed by atoms with Gasteiger partial charge in [0, 0.05) is 17.1 Å². The van der Waals surface area contributed by atoms with Crippen molar-refractivity contribution in [2.45, 2.75) is 0 Å². The van der Waals surface area contributed by atoms with Crippen LogP contribution in [0.25, 0.3) is 10.9 Å². The second-order valence-corrected chi connectivity index (χ2v) is 2.97. The van der Waals surface area contributed by atoms with Crippen molar-refractivity contribution < 1.29 is 0 Å². The molecule has 1 aromatic heterocycles. The number of aromatic nitrogens is 1. The smallest absolute Gasteiger partial charge is 0.207 e. The highest BCUT2D eigenvalue weighted by atomic mass is 14.8. The Morgan fingerprint density at radius 1 is 1.33 bits per heavy atom. The van der Waals surface area contributed by atoms with Crippen molar-refractivity contribution in [3.8, 4) is 6.19 Å². The molecule has 0 aliphatic carbocycles. The first kappa shape index (κ1) is 9.16. The van der Waals surface area contributed by atoms with E-state index in [9.17, 15) is 0 Å². The first-order chi connectivity index (χ1) is 7.33. The monoisotopic (exact) mass is 196 g/mol. The van der Waals surface area contributed by atoms with Gasteiger partial charge in [0.05, 0.1) is 5.52 Å². The molecular formula is C11H8N4. The maximum atomic E-state index is 8.44. The molecule has 0 saturated carbocycles. The van der Waals surface area contributed by atoms with Crippen molar-refractivity contribution >= 4 is 16.7 Å². The van der Waals surface area contributed by atoms with Gasteiger partial charge in [0.1, 0.15) is 5.84 Å². The number of nitrogens with two attached hydrogens (primary N) is 1. The summed E-state index contributed by atoms with van der Waals surface area (Å²) in [7, 11) is 0. The highest BCUT2D eigenvalue weighted by molar-refractivity contribution is 6.08. The van der Waals surface area contributed by atoms with E-state index in [4.69, 9.17) is 11.0 Å². The highest BCUT2D eigenvalue weighted by Gasteiger charge is 2.04. The van der Waals surface area contributed by atoms with E-state index in [1.165, 1.54) is 0 Å². The van der Waals surface area contributed by atoms with Crippen LogP contribution in [-0.4, -0.2) is 10.8 Å². The van der Waals surface area contributed by atoms with E-state index in [0.717, 1.165) is 16.5 Å². The third kappa shape index (κ3) is 1.63. The minimum absolute atomic E-state index is 0.219. The Kier molecular flexibility index (Phi) is 2.30. The van der Waals surface area contributed by atoms with Crippen LogP contribution in [0.5, 0.6) is 0 Å². The van der Waals surface area contributed by atoms with E-state index in [2.05, 4.69) is 9.98 Å². The van der Waals surface area contributed by atoms with Crippen LogP contribution < -0.4 is 5.73 Å². The Labute approximate surface area is 86.7 Å². The maximum Gasteiger partial charge on any atom is 0.207 e. The lowest BCUT2D eigenvalue weighted by molar-refractivity contribution is 1.39. The number of amidine groups is 1. The van der Waals surface area contributed by atoms with E-state index in [1.54, 1.807) is 12.4 Å². The van der Waals surface area contributed by atoms with Gasteiger partial charge in [-0.3, -0.25) is 4.98 Å². The molecule has 0 spiro atoms. The zero-order valence-electron chi connectivity index (χ0n) is 7.88. The van der Waals surface area contributed by atoms with Gasteiger partial charge in [-0.1, -0.05) is 18.2 Å². The molecule has 4 nitrogen and oxygen atoms in total. The number of hydrogen-bond donors (Lipinski definition) is 1. The summed E-state index contributed by atoms with van der Waals surface area (Å²) in [5, 5.41) is 9.34. The van der Waals surface area contributed by atoms with E-state index in [0.29, 0.717) is 0 Å². The van der Waals surface area contributed by atoms with Crippen molar-refractivity contribution in [1.82, 2.24) is 4.98 Å². The van der Waals surface area contributed by atoms with Crippen LogP contribution in [0.4, 0.5) is 0 Å². The fraction of sp³-hybridized carbons (Fsp3) is 0. The average molecular weight is 196 g/mol. The molecule has 0 atom stereocenters. The summed E-state index contributed by atoms with van der Waals surface area (Å²) in [6, 6.07) is 9.27. The first-order valence-electron chi connectivity index (χ1n) is 4.39. The Morgan fingerprint density at radius 3 is 3.00 bits per heavy atom. The lowest BCUT2D eigenvalue weighted by atomic mass is 10.1. The van der Waals surface area contributed by atoms with E-state index < -0.39 is 0 Å². The lowest BCUT2D eigenvalue weighted by Crippen LogP contribution is -2.13. The molecule has 0 fully saturated rings. The molecule has 72 valence electrons. The maximum absolute atomic E-state index is 8.44. The first-order valence-corrected chi connectivity index (χ1v) is 4.39. The number of benzene rings is 1. The van der Waals surface area contributed by atoms with Gasteiger partial charge in [-0.05, 0) is 12.1 Å². The summed E-state index contributed by atoms with van der Waals surface area (Å²) in [5.41, 5.74) is 7.25. The van der Waals surface area contributed by atoms with Gasteiger partial charge in [0.15, 0.2) is 0 Å². The quantitative estimate of drug-likeness (QED) is 0.425. The Bertz CT molecular complexity index is 561. The number of rotatable bonds is 1. The zero-order valence-corrected chi connectivity index (χ0v) is 7.88. The Morgan fingerprint density at radius 2 is 2.20 bits per heavy atom. The highest BCUT2D eigenvalue weighted by Crippen LogP contribution is 2.15. The Balaban J connectivity index is 2.72. The van der Waals surface area contributed by atoms with Crippen molar-refractivity contribution in [3.05, 3.63) is 42.1 Å². The molecular weight excluding hydrogens is 188 g/mol.